The Morgan fingerprint density at radius 1 is 1.73 bits per heavy atom. The fourth-order valence-electron chi connectivity index (χ4n) is 2.06. The molecule has 15 heavy (non-hydrogen) atoms. The van der Waals surface area contributed by atoms with Crippen LogP contribution >= 0.6 is 11.3 Å². The highest BCUT2D eigenvalue weighted by atomic mass is 32.1. The quantitative estimate of drug-likeness (QED) is 0.727. The van der Waals surface area contributed by atoms with E-state index >= 15 is 0 Å². The number of hydrogen-bond acceptors (Lipinski definition) is 4. The Kier molecular flexibility index (Phi) is 3.49. The second kappa shape index (κ2) is 4.86. The molecule has 2 heterocycles. The van der Waals surface area contributed by atoms with E-state index in [0.29, 0.717) is 12.5 Å². The van der Waals surface area contributed by atoms with Gasteiger partial charge in [0, 0.05) is 30.0 Å². The number of carbonyl (C=O) groups excluding carboxylic acids is 1. The van der Waals surface area contributed by atoms with Gasteiger partial charge in [-0.15, -0.1) is 11.3 Å². The van der Waals surface area contributed by atoms with Gasteiger partial charge in [-0.1, -0.05) is 0 Å². The van der Waals surface area contributed by atoms with Crippen molar-refractivity contribution in [2.75, 3.05) is 13.6 Å². The van der Waals surface area contributed by atoms with Gasteiger partial charge in [0.2, 0.25) is 0 Å². The van der Waals surface area contributed by atoms with Crippen LogP contribution in [0.15, 0.2) is 6.20 Å². The number of thiazole rings is 1. The number of carbonyl (C=O) groups is 1. The van der Waals surface area contributed by atoms with Crippen molar-refractivity contribution in [1.82, 2.24) is 9.88 Å². The maximum Gasteiger partial charge on any atom is 0.125 e. The predicted molar refractivity (Wildman–Crippen MR) is 61.2 cm³/mol. The molecule has 1 aromatic heterocycles. The molecule has 1 unspecified atom stereocenters. The first-order valence-corrected chi connectivity index (χ1v) is 6.18. The van der Waals surface area contributed by atoms with Crippen LogP contribution in [0.5, 0.6) is 0 Å². The summed E-state index contributed by atoms with van der Waals surface area (Å²) in [5, 5.41) is 1.17. The molecule has 1 atom stereocenters. The lowest BCUT2D eigenvalue weighted by Gasteiger charge is -2.17. The number of hydrogen-bond donors (Lipinski definition) is 0. The molecule has 3 nitrogen and oxygen atoms in total. The van der Waals surface area contributed by atoms with Gasteiger partial charge in [0.05, 0.1) is 5.01 Å². The second-order valence-electron chi connectivity index (χ2n) is 4.07. The average Bonchev–Trinajstić information content (AvgIpc) is 2.79. The van der Waals surface area contributed by atoms with Gasteiger partial charge < -0.3 is 9.69 Å². The molecular formula is C11H16N2OS. The molecule has 0 spiro atoms. The Bertz CT molecular complexity index is 337. The Balaban J connectivity index is 1.95. The fourth-order valence-corrected chi connectivity index (χ4v) is 3.00. The summed E-state index contributed by atoms with van der Waals surface area (Å²) in [7, 11) is 2.18. The van der Waals surface area contributed by atoms with Crippen molar-refractivity contribution >= 4 is 17.6 Å². The molecule has 2 rings (SSSR count). The Labute approximate surface area is 94.1 Å². The monoisotopic (exact) mass is 224 g/mol. The van der Waals surface area contributed by atoms with Crippen molar-refractivity contribution in [1.29, 1.82) is 0 Å². The van der Waals surface area contributed by atoms with Crippen LogP contribution in [0.2, 0.25) is 0 Å². The van der Waals surface area contributed by atoms with Crippen LogP contribution in [0.25, 0.3) is 0 Å². The minimum absolute atomic E-state index is 0.512. The summed E-state index contributed by atoms with van der Waals surface area (Å²) in [6, 6.07) is 0.653. The SMILES string of the molecule is CN1CCCC1Cc1ncc(CC=O)s1. The molecule has 0 bridgehead atoms. The number of aromatic nitrogens is 1. The molecule has 1 fully saturated rings. The smallest absolute Gasteiger partial charge is 0.125 e. The molecular weight excluding hydrogens is 208 g/mol. The number of nitrogens with zero attached hydrogens (tertiary/aromatic N) is 2. The third kappa shape index (κ3) is 2.63. The highest BCUT2D eigenvalue weighted by Crippen LogP contribution is 2.22. The second-order valence-corrected chi connectivity index (χ2v) is 5.27. The molecule has 0 saturated carbocycles. The molecule has 1 saturated heterocycles. The van der Waals surface area contributed by atoms with E-state index in [1.165, 1.54) is 24.4 Å². The van der Waals surface area contributed by atoms with Crippen molar-refractivity contribution in [3.63, 3.8) is 0 Å². The molecule has 0 amide bonds. The summed E-state index contributed by atoms with van der Waals surface area (Å²) in [5.74, 6) is 0. The fraction of sp³-hybridized carbons (Fsp3) is 0.636. The largest absolute Gasteiger partial charge is 0.303 e. The molecule has 4 heteroatoms. The summed E-state index contributed by atoms with van der Waals surface area (Å²) < 4.78 is 0. The zero-order chi connectivity index (χ0) is 10.7. The first-order valence-electron chi connectivity index (χ1n) is 5.37. The van der Waals surface area contributed by atoms with Crippen molar-refractivity contribution < 1.29 is 4.79 Å². The van der Waals surface area contributed by atoms with E-state index in [4.69, 9.17) is 0 Å². The summed E-state index contributed by atoms with van der Waals surface area (Å²) in [4.78, 5) is 18.2. The van der Waals surface area contributed by atoms with E-state index in [2.05, 4.69) is 16.9 Å². The number of aldehydes is 1. The normalized spacial score (nSPS) is 22.1. The van der Waals surface area contributed by atoms with Gasteiger partial charge in [-0.25, -0.2) is 4.98 Å². The van der Waals surface area contributed by atoms with Crippen LogP contribution in [0.3, 0.4) is 0 Å². The summed E-state index contributed by atoms with van der Waals surface area (Å²) in [6.07, 6.45) is 6.91. The van der Waals surface area contributed by atoms with Gasteiger partial charge in [-0.3, -0.25) is 0 Å². The van der Waals surface area contributed by atoms with Crippen LogP contribution in [0, 0.1) is 0 Å². The maximum atomic E-state index is 10.4. The number of likely N-dealkylation sites (N-methyl/N-ethyl adjacent to an activating group) is 1. The molecule has 0 radical (unpaired) electrons. The van der Waals surface area contributed by atoms with E-state index in [1.807, 2.05) is 6.20 Å². The molecule has 1 aromatic rings. The maximum absolute atomic E-state index is 10.4. The third-order valence-electron chi connectivity index (χ3n) is 2.97. The summed E-state index contributed by atoms with van der Waals surface area (Å²) in [5.41, 5.74) is 0. The van der Waals surface area contributed by atoms with Gasteiger partial charge in [-0.05, 0) is 26.4 Å². The summed E-state index contributed by atoms with van der Waals surface area (Å²) in [6.45, 7) is 1.21. The van der Waals surface area contributed by atoms with Gasteiger partial charge in [-0.2, -0.15) is 0 Å². The highest BCUT2D eigenvalue weighted by molar-refractivity contribution is 7.11. The molecule has 0 N–H and O–H groups in total. The van der Waals surface area contributed by atoms with Crippen LogP contribution in [0.4, 0.5) is 0 Å². The molecule has 0 aromatic carbocycles. The topological polar surface area (TPSA) is 33.2 Å². The first kappa shape index (κ1) is 10.8. The lowest BCUT2D eigenvalue weighted by Crippen LogP contribution is -2.26. The Morgan fingerprint density at radius 3 is 3.27 bits per heavy atom. The molecule has 1 aliphatic heterocycles. The van der Waals surface area contributed by atoms with Crippen LogP contribution in [0.1, 0.15) is 22.7 Å². The Morgan fingerprint density at radius 2 is 2.60 bits per heavy atom. The average molecular weight is 224 g/mol. The molecule has 1 aliphatic rings. The van der Waals surface area contributed by atoms with E-state index in [0.717, 1.165) is 17.6 Å². The lowest BCUT2D eigenvalue weighted by molar-refractivity contribution is -0.107. The van der Waals surface area contributed by atoms with E-state index in [-0.39, 0.29) is 0 Å². The number of likely N-dealkylation sites (tertiary alicyclic amines) is 1. The minimum Gasteiger partial charge on any atom is -0.303 e. The van der Waals surface area contributed by atoms with Crippen molar-refractivity contribution in [3.8, 4) is 0 Å². The first-order chi connectivity index (χ1) is 7.29. The third-order valence-corrected chi connectivity index (χ3v) is 4.01. The zero-order valence-electron chi connectivity index (χ0n) is 8.98. The molecule has 82 valence electrons. The molecule has 0 aliphatic carbocycles. The standard InChI is InChI=1S/C11H16N2OS/c1-13-5-2-3-9(13)7-11-12-8-10(15-11)4-6-14/h6,8-9H,2-5,7H2,1H3. The van der Waals surface area contributed by atoms with Gasteiger partial charge in [0.1, 0.15) is 6.29 Å². The highest BCUT2D eigenvalue weighted by Gasteiger charge is 2.21. The van der Waals surface area contributed by atoms with E-state index in [1.54, 1.807) is 11.3 Å². The van der Waals surface area contributed by atoms with Crippen molar-refractivity contribution in [2.24, 2.45) is 0 Å². The predicted octanol–water partition coefficient (Wildman–Crippen LogP) is 1.52. The zero-order valence-corrected chi connectivity index (χ0v) is 9.80. The lowest BCUT2D eigenvalue weighted by atomic mass is 10.1. The minimum atomic E-state index is 0.512. The summed E-state index contributed by atoms with van der Waals surface area (Å²) >= 11 is 1.68. The van der Waals surface area contributed by atoms with Crippen molar-refractivity contribution in [3.05, 3.63) is 16.1 Å². The van der Waals surface area contributed by atoms with Gasteiger partial charge in [0.15, 0.2) is 0 Å². The van der Waals surface area contributed by atoms with Crippen LogP contribution < -0.4 is 0 Å². The Hall–Kier alpha value is -0.740. The van der Waals surface area contributed by atoms with E-state index in [9.17, 15) is 4.79 Å². The number of rotatable bonds is 4. The van der Waals surface area contributed by atoms with Crippen LogP contribution in [-0.2, 0) is 17.6 Å². The van der Waals surface area contributed by atoms with Crippen LogP contribution in [-0.4, -0.2) is 35.8 Å². The van der Waals surface area contributed by atoms with Crippen molar-refractivity contribution in [2.45, 2.75) is 31.7 Å². The van der Waals surface area contributed by atoms with Gasteiger partial charge >= 0.3 is 0 Å². The van der Waals surface area contributed by atoms with E-state index < -0.39 is 0 Å². The van der Waals surface area contributed by atoms with Gasteiger partial charge in [0.25, 0.3) is 0 Å².